The molecule has 3 aromatic rings. The minimum Gasteiger partial charge on any atom is -0.489 e. The van der Waals surface area contributed by atoms with Crippen molar-refractivity contribution in [2.75, 3.05) is 0 Å². The molecule has 0 aromatic heterocycles. The molecular weight excluding hydrogens is 346 g/mol. The first kappa shape index (κ1) is 21.5. The van der Waals surface area contributed by atoms with Crippen molar-refractivity contribution >= 4 is 19.4 Å². The first-order valence-corrected chi connectivity index (χ1v) is 9.53. The van der Waals surface area contributed by atoms with Gasteiger partial charge in [-0.2, -0.15) is 5.30 Å². The molecule has 0 aliphatic heterocycles. The zero-order chi connectivity index (χ0) is 18.5. The van der Waals surface area contributed by atoms with Gasteiger partial charge in [0.15, 0.2) is 0 Å². The van der Waals surface area contributed by atoms with Crippen molar-refractivity contribution in [2.45, 2.75) is 27.4 Å². The Morgan fingerprint density at radius 3 is 2.15 bits per heavy atom. The molecule has 0 fully saturated rings. The van der Waals surface area contributed by atoms with Gasteiger partial charge in [0.05, 0.1) is 0 Å². The summed E-state index contributed by atoms with van der Waals surface area (Å²) >= 11 is 0. The number of hydrogen-bond acceptors (Lipinski definition) is 2. The normalized spacial score (nSPS) is 10.6. The van der Waals surface area contributed by atoms with Crippen molar-refractivity contribution in [3.8, 4) is 5.75 Å². The minimum atomic E-state index is 0. The smallest absolute Gasteiger partial charge is 0.489 e. The Morgan fingerprint density at radius 1 is 0.852 bits per heavy atom. The molecular formula is C23H22LiO2P. The Balaban J connectivity index is 0.00000261. The van der Waals surface area contributed by atoms with Gasteiger partial charge in [-0.25, -0.2) is 0 Å². The van der Waals surface area contributed by atoms with Crippen molar-refractivity contribution in [2.24, 2.45) is 0 Å². The molecule has 0 N–H and O–H groups in total. The molecule has 0 saturated carbocycles. The van der Waals surface area contributed by atoms with Crippen molar-refractivity contribution in [3.63, 3.8) is 0 Å². The van der Waals surface area contributed by atoms with Gasteiger partial charge in [0, 0.05) is 5.52 Å². The van der Waals surface area contributed by atoms with Gasteiger partial charge in [0.25, 0.3) is 0 Å². The van der Waals surface area contributed by atoms with E-state index in [0.29, 0.717) is 15.2 Å². The van der Waals surface area contributed by atoms with E-state index in [1.54, 1.807) is 0 Å². The molecule has 3 rings (SSSR count). The molecule has 0 atom stereocenters. The van der Waals surface area contributed by atoms with Gasteiger partial charge in [-0.05, 0) is 55.2 Å². The molecule has 0 spiro atoms. The third kappa shape index (κ3) is 5.57. The van der Waals surface area contributed by atoms with Gasteiger partial charge in [0.2, 0.25) is 0 Å². The molecule has 0 saturated heterocycles. The van der Waals surface area contributed by atoms with Crippen molar-refractivity contribution < 1.29 is 28.4 Å². The SMILES string of the molecule is Cc1cc(OCc2ccccc2)ccc1[P-]C(=O)c1c(C)cccc1C.[Li+]. The van der Waals surface area contributed by atoms with Gasteiger partial charge < -0.3 is 18.1 Å². The molecule has 0 aliphatic carbocycles. The summed E-state index contributed by atoms with van der Waals surface area (Å²) in [5, 5.41) is 1.02. The Labute approximate surface area is 175 Å². The van der Waals surface area contributed by atoms with Crippen molar-refractivity contribution in [1.29, 1.82) is 0 Å². The van der Waals surface area contributed by atoms with Crippen molar-refractivity contribution in [3.05, 3.63) is 94.5 Å². The van der Waals surface area contributed by atoms with Crippen LogP contribution in [-0.2, 0) is 6.61 Å². The standard InChI is InChI=1S/C23H22O2P.Li/c1-16-8-7-9-17(2)22(16)23(24)26-21-13-12-20(14-18(21)3)25-15-19-10-5-4-6-11-19;/h4-14H,15H2,1-3H3;/q-1;+1. The summed E-state index contributed by atoms with van der Waals surface area (Å²) in [6.45, 7) is 6.54. The maximum absolute atomic E-state index is 12.8. The van der Waals surface area contributed by atoms with E-state index in [4.69, 9.17) is 4.74 Å². The van der Waals surface area contributed by atoms with Crippen LogP contribution in [0.3, 0.4) is 0 Å². The van der Waals surface area contributed by atoms with Crippen LogP contribution in [0.25, 0.3) is 0 Å². The molecule has 2 nitrogen and oxygen atoms in total. The average molecular weight is 368 g/mol. The van der Waals surface area contributed by atoms with Crippen LogP contribution < -0.4 is 28.9 Å². The van der Waals surface area contributed by atoms with Crippen LogP contribution in [0.2, 0.25) is 0 Å². The summed E-state index contributed by atoms with van der Waals surface area (Å²) < 4.78 is 5.87. The summed E-state index contributed by atoms with van der Waals surface area (Å²) in [7, 11) is 0.702. The fourth-order valence-corrected chi connectivity index (χ4v) is 3.97. The van der Waals surface area contributed by atoms with Crippen molar-refractivity contribution in [1.82, 2.24) is 0 Å². The monoisotopic (exact) mass is 368 g/mol. The number of benzene rings is 3. The van der Waals surface area contributed by atoms with Crippen LogP contribution in [0.4, 0.5) is 0 Å². The number of carbonyl (C=O) groups excluding carboxylic acids is 1. The van der Waals surface area contributed by atoms with Gasteiger partial charge in [-0.15, -0.1) is 0 Å². The third-order valence-electron chi connectivity index (χ3n) is 4.33. The van der Waals surface area contributed by atoms with E-state index in [1.807, 2.05) is 87.5 Å². The fourth-order valence-electron chi connectivity index (χ4n) is 2.90. The van der Waals surface area contributed by atoms with E-state index >= 15 is 0 Å². The second-order valence-corrected chi connectivity index (χ2v) is 7.52. The van der Waals surface area contributed by atoms with E-state index in [9.17, 15) is 4.79 Å². The van der Waals surface area contributed by atoms with E-state index in [2.05, 4.69) is 0 Å². The fraction of sp³-hybridized carbons (Fsp3) is 0.174. The van der Waals surface area contributed by atoms with E-state index in [1.165, 1.54) is 0 Å². The van der Waals surface area contributed by atoms with Gasteiger partial charge in [-0.1, -0.05) is 60.2 Å². The maximum atomic E-state index is 12.8. The predicted octanol–water partition coefficient (Wildman–Crippen LogP) is 2.61. The third-order valence-corrected chi connectivity index (χ3v) is 5.50. The zero-order valence-corrected chi connectivity index (χ0v) is 17.2. The molecule has 4 heteroatoms. The molecule has 0 amide bonds. The Kier molecular flexibility index (Phi) is 7.87. The first-order chi connectivity index (χ1) is 12.5. The number of ether oxygens (including phenoxy) is 1. The molecule has 132 valence electrons. The molecule has 0 bridgehead atoms. The largest absolute Gasteiger partial charge is 1.00 e. The van der Waals surface area contributed by atoms with Crippen LogP contribution in [0.5, 0.6) is 5.75 Å². The summed E-state index contributed by atoms with van der Waals surface area (Å²) in [5.74, 6) is 0.824. The Morgan fingerprint density at radius 2 is 1.52 bits per heavy atom. The van der Waals surface area contributed by atoms with E-state index < -0.39 is 0 Å². The summed E-state index contributed by atoms with van der Waals surface area (Å²) in [4.78, 5) is 12.8. The number of carbonyl (C=O) groups is 1. The Bertz CT molecular complexity index is 903. The van der Waals surface area contributed by atoms with E-state index in [0.717, 1.165) is 38.9 Å². The number of rotatable bonds is 6. The van der Waals surface area contributed by atoms with Crippen LogP contribution in [0.15, 0.2) is 66.7 Å². The topological polar surface area (TPSA) is 26.3 Å². The van der Waals surface area contributed by atoms with E-state index in [-0.39, 0.29) is 24.4 Å². The molecule has 27 heavy (non-hydrogen) atoms. The average Bonchev–Trinajstić information content (AvgIpc) is 2.63. The number of aryl methyl sites for hydroxylation is 3. The number of hydrogen-bond donors (Lipinski definition) is 0. The quantitative estimate of drug-likeness (QED) is 0.494. The first-order valence-electron chi connectivity index (χ1n) is 8.64. The molecule has 0 aliphatic rings. The van der Waals surface area contributed by atoms with Gasteiger partial charge in [0.1, 0.15) is 12.4 Å². The predicted molar refractivity (Wildman–Crippen MR) is 109 cm³/mol. The molecule has 0 radical (unpaired) electrons. The maximum Gasteiger partial charge on any atom is 1.00 e. The zero-order valence-electron chi connectivity index (χ0n) is 16.3. The summed E-state index contributed by atoms with van der Waals surface area (Å²) in [6.07, 6.45) is 0. The van der Waals surface area contributed by atoms with Gasteiger partial charge in [-0.3, -0.25) is 0 Å². The van der Waals surface area contributed by atoms with Crippen LogP contribution in [0, 0.1) is 20.8 Å². The summed E-state index contributed by atoms with van der Waals surface area (Å²) in [6, 6.07) is 22.0. The second-order valence-electron chi connectivity index (χ2n) is 6.41. The van der Waals surface area contributed by atoms with Gasteiger partial charge >= 0.3 is 18.9 Å². The molecule has 3 aromatic carbocycles. The second kappa shape index (κ2) is 9.91. The van der Waals surface area contributed by atoms with Crippen LogP contribution >= 0.6 is 8.58 Å². The Hall–Kier alpha value is -1.84. The summed E-state index contributed by atoms with van der Waals surface area (Å²) in [5.41, 5.74) is 5.24. The molecule has 0 unspecified atom stereocenters. The molecule has 0 heterocycles. The van der Waals surface area contributed by atoms with Crippen LogP contribution in [-0.4, -0.2) is 5.52 Å². The van der Waals surface area contributed by atoms with Crippen LogP contribution in [0.1, 0.15) is 32.6 Å². The minimum absolute atomic E-state index is 0.